The van der Waals surface area contributed by atoms with Gasteiger partial charge in [0.2, 0.25) is 21.8 Å². The zero-order valence-electron chi connectivity index (χ0n) is 23.4. The molecule has 39 heavy (non-hydrogen) atoms. The van der Waals surface area contributed by atoms with Crippen molar-refractivity contribution in [1.29, 1.82) is 0 Å². The van der Waals surface area contributed by atoms with E-state index >= 15 is 0 Å². The van der Waals surface area contributed by atoms with Crippen LogP contribution in [-0.2, 0) is 32.6 Å². The fourth-order valence-electron chi connectivity index (χ4n) is 4.33. The molecule has 8 heteroatoms. The molecule has 0 heterocycles. The van der Waals surface area contributed by atoms with Crippen LogP contribution in [0.25, 0.3) is 0 Å². The molecule has 3 aromatic carbocycles. The van der Waals surface area contributed by atoms with Crippen LogP contribution in [0.15, 0.2) is 78.9 Å². The molecule has 1 N–H and O–H groups in total. The number of hydrogen-bond donors (Lipinski definition) is 1. The SMILES string of the molecule is CC[C@@H](C)NC(=O)[C@H](Cc1ccccc1)N(Cc1cccc(C)c1)C(=O)CN(c1ccc(C)cc1)S(C)(=O)=O. The van der Waals surface area contributed by atoms with Crippen molar-refractivity contribution in [3.8, 4) is 0 Å². The van der Waals surface area contributed by atoms with Crippen molar-refractivity contribution in [3.05, 3.63) is 101 Å². The van der Waals surface area contributed by atoms with E-state index in [1.165, 1.54) is 4.90 Å². The summed E-state index contributed by atoms with van der Waals surface area (Å²) in [5.74, 6) is -0.724. The molecule has 0 unspecified atom stereocenters. The first-order valence-electron chi connectivity index (χ1n) is 13.2. The quantitative estimate of drug-likeness (QED) is 0.357. The second kappa shape index (κ2) is 13.4. The van der Waals surface area contributed by atoms with Gasteiger partial charge >= 0.3 is 0 Å². The lowest BCUT2D eigenvalue weighted by Gasteiger charge is -2.34. The lowest BCUT2D eigenvalue weighted by atomic mass is 10.0. The number of amides is 2. The summed E-state index contributed by atoms with van der Waals surface area (Å²) in [4.78, 5) is 29.3. The van der Waals surface area contributed by atoms with Crippen molar-refractivity contribution >= 4 is 27.5 Å². The molecular weight excluding hydrogens is 510 g/mol. The Kier molecular flexibility index (Phi) is 10.3. The van der Waals surface area contributed by atoms with Crippen LogP contribution in [0, 0.1) is 13.8 Å². The molecule has 0 radical (unpaired) electrons. The fourth-order valence-corrected chi connectivity index (χ4v) is 5.18. The van der Waals surface area contributed by atoms with Gasteiger partial charge in [0, 0.05) is 19.0 Å². The lowest BCUT2D eigenvalue weighted by Crippen LogP contribution is -2.54. The molecule has 3 rings (SSSR count). The first-order chi connectivity index (χ1) is 18.5. The summed E-state index contributed by atoms with van der Waals surface area (Å²) in [6, 6.07) is 23.4. The number of carbonyl (C=O) groups is 2. The Morgan fingerprint density at radius 1 is 0.872 bits per heavy atom. The Bertz CT molecular complexity index is 1360. The number of benzene rings is 3. The average molecular weight is 550 g/mol. The smallest absolute Gasteiger partial charge is 0.244 e. The van der Waals surface area contributed by atoms with Crippen LogP contribution in [0.3, 0.4) is 0 Å². The summed E-state index contributed by atoms with van der Waals surface area (Å²) in [5, 5.41) is 3.04. The zero-order chi connectivity index (χ0) is 28.6. The van der Waals surface area contributed by atoms with Gasteiger partial charge in [-0.15, -0.1) is 0 Å². The van der Waals surface area contributed by atoms with Crippen molar-refractivity contribution in [2.45, 2.75) is 59.2 Å². The van der Waals surface area contributed by atoms with Gasteiger partial charge in [0.25, 0.3) is 0 Å². The van der Waals surface area contributed by atoms with Crippen molar-refractivity contribution in [3.63, 3.8) is 0 Å². The molecular formula is C31H39N3O4S. The Morgan fingerprint density at radius 2 is 1.51 bits per heavy atom. The largest absolute Gasteiger partial charge is 0.352 e. The molecule has 3 aromatic rings. The van der Waals surface area contributed by atoms with Gasteiger partial charge in [-0.05, 0) is 50.5 Å². The highest BCUT2D eigenvalue weighted by atomic mass is 32.2. The van der Waals surface area contributed by atoms with E-state index in [0.29, 0.717) is 12.1 Å². The van der Waals surface area contributed by atoms with Crippen LogP contribution in [0.2, 0.25) is 0 Å². The van der Waals surface area contributed by atoms with Crippen LogP contribution < -0.4 is 9.62 Å². The van der Waals surface area contributed by atoms with Gasteiger partial charge in [-0.25, -0.2) is 8.42 Å². The molecule has 0 aliphatic rings. The highest BCUT2D eigenvalue weighted by Gasteiger charge is 2.33. The van der Waals surface area contributed by atoms with Crippen LogP contribution in [0.1, 0.15) is 42.5 Å². The highest BCUT2D eigenvalue weighted by Crippen LogP contribution is 2.21. The molecule has 0 aliphatic heterocycles. The van der Waals surface area contributed by atoms with Gasteiger partial charge in [0.1, 0.15) is 12.6 Å². The summed E-state index contributed by atoms with van der Waals surface area (Å²) in [5.41, 5.74) is 4.17. The van der Waals surface area contributed by atoms with E-state index < -0.39 is 28.5 Å². The van der Waals surface area contributed by atoms with E-state index in [9.17, 15) is 18.0 Å². The predicted molar refractivity (Wildman–Crippen MR) is 157 cm³/mol. The number of carbonyl (C=O) groups excluding carboxylic acids is 2. The van der Waals surface area contributed by atoms with Crippen LogP contribution >= 0.6 is 0 Å². The molecule has 0 bridgehead atoms. The topological polar surface area (TPSA) is 86.8 Å². The van der Waals surface area contributed by atoms with Gasteiger partial charge in [0.15, 0.2) is 0 Å². The maximum atomic E-state index is 14.1. The normalized spacial score (nSPS) is 12.8. The van der Waals surface area contributed by atoms with Crippen LogP contribution in [0.4, 0.5) is 5.69 Å². The Hall–Kier alpha value is -3.65. The first kappa shape index (κ1) is 29.9. The van der Waals surface area contributed by atoms with Gasteiger partial charge in [-0.3, -0.25) is 13.9 Å². The second-order valence-electron chi connectivity index (χ2n) is 10.1. The van der Waals surface area contributed by atoms with Crippen molar-refractivity contribution in [2.75, 3.05) is 17.1 Å². The third kappa shape index (κ3) is 8.68. The second-order valence-corrected chi connectivity index (χ2v) is 12.0. The number of anilines is 1. The monoisotopic (exact) mass is 549 g/mol. The highest BCUT2D eigenvalue weighted by molar-refractivity contribution is 7.92. The third-order valence-corrected chi connectivity index (χ3v) is 7.85. The van der Waals surface area contributed by atoms with Gasteiger partial charge in [0.05, 0.1) is 11.9 Å². The molecule has 0 aromatic heterocycles. The van der Waals surface area contributed by atoms with Crippen LogP contribution in [0.5, 0.6) is 0 Å². The Labute approximate surface area is 232 Å². The zero-order valence-corrected chi connectivity index (χ0v) is 24.2. The molecule has 2 amide bonds. The maximum absolute atomic E-state index is 14.1. The van der Waals surface area contributed by atoms with Gasteiger partial charge < -0.3 is 10.2 Å². The van der Waals surface area contributed by atoms with Crippen molar-refractivity contribution in [1.82, 2.24) is 10.2 Å². The van der Waals surface area contributed by atoms with E-state index in [2.05, 4.69) is 5.32 Å². The third-order valence-electron chi connectivity index (χ3n) is 6.71. The molecule has 208 valence electrons. The molecule has 0 saturated carbocycles. The fraction of sp³-hybridized carbons (Fsp3) is 0.355. The van der Waals surface area contributed by atoms with E-state index in [-0.39, 0.29) is 18.5 Å². The Morgan fingerprint density at radius 3 is 2.10 bits per heavy atom. The molecule has 0 aliphatic carbocycles. The Balaban J connectivity index is 2.05. The molecule has 0 spiro atoms. The predicted octanol–water partition coefficient (Wildman–Crippen LogP) is 4.62. The summed E-state index contributed by atoms with van der Waals surface area (Å²) >= 11 is 0. The number of nitrogens with one attached hydrogen (secondary N) is 1. The van der Waals surface area contributed by atoms with E-state index in [1.807, 2.05) is 82.3 Å². The summed E-state index contributed by atoms with van der Waals surface area (Å²) in [6.07, 6.45) is 2.12. The standard InChI is InChI=1S/C31H39N3O4S/c1-6-25(4)32-31(36)29(20-26-12-8-7-9-13-26)33(21-27-14-10-11-24(3)19-27)30(35)22-34(39(5,37)38)28-17-15-23(2)16-18-28/h7-19,25,29H,6,20-22H2,1-5H3,(H,32,36)/t25-,29+/m1/s1. The molecule has 0 fully saturated rings. The number of sulfonamides is 1. The van der Waals surface area contributed by atoms with Gasteiger partial charge in [-0.2, -0.15) is 0 Å². The minimum Gasteiger partial charge on any atom is -0.352 e. The van der Waals surface area contributed by atoms with Crippen LogP contribution in [-0.4, -0.2) is 50.0 Å². The van der Waals surface area contributed by atoms with E-state index in [4.69, 9.17) is 0 Å². The number of nitrogens with zero attached hydrogens (tertiary/aromatic N) is 2. The van der Waals surface area contributed by atoms with Crippen molar-refractivity contribution < 1.29 is 18.0 Å². The number of rotatable bonds is 12. The lowest BCUT2D eigenvalue weighted by molar-refractivity contribution is -0.140. The van der Waals surface area contributed by atoms with Crippen molar-refractivity contribution in [2.24, 2.45) is 0 Å². The average Bonchev–Trinajstić information content (AvgIpc) is 2.89. The first-order valence-corrected chi connectivity index (χ1v) is 15.1. The number of aryl methyl sites for hydroxylation is 2. The number of hydrogen-bond acceptors (Lipinski definition) is 4. The summed E-state index contributed by atoms with van der Waals surface area (Å²) in [7, 11) is -3.78. The van der Waals surface area contributed by atoms with E-state index in [0.717, 1.165) is 39.2 Å². The van der Waals surface area contributed by atoms with E-state index in [1.54, 1.807) is 24.3 Å². The minimum atomic E-state index is -3.78. The molecule has 0 saturated heterocycles. The maximum Gasteiger partial charge on any atom is 0.244 e. The molecule has 7 nitrogen and oxygen atoms in total. The molecule has 2 atom stereocenters. The summed E-state index contributed by atoms with van der Waals surface area (Å²) < 4.78 is 26.8. The summed E-state index contributed by atoms with van der Waals surface area (Å²) in [6.45, 7) is 7.53. The minimum absolute atomic E-state index is 0.0771. The van der Waals surface area contributed by atoms with Gasteiger partial charge in [-0.1, -0.05) is 84.8 Å².